The van der Waals surface area contributed by atoms with Gasteiger partial charge in [-0.15, -0.1) is 11.3 Å². The third-order valence-corrected chi connectivity index (χ3v) is 3.77. The summed E-state index contributed by atoms with van der Waals surface area (Å²) in [6, 6.07) is 2.02. The van der Waals surface area contributed by atoms with Gasteiger partial charge in [0, 0.05) is 23.5 Å². The molecule has 1 unspecified atom stereocenters. The maximum atomic E-state index is 9.98. The van der Waals surface area contributed by atoms with Crippen molar-refractivity contribution in [3.63, 3.8) is 0 Å². The van der Waals surface area contributed by atoms with E-state index in [0.29, 0.717) is 5.92 Å². The second-order valence-electron chi connectivity index (χ2n) is 4.37. The van der Waals surface area contributed by atoms with Crippen molar-refractivity contribution in [2.75, 3.05) is 0 Å². The van der Waals surface area contributed by atoms with E-state index >= 15 is 0 Å². The maximum Gasteiger partial charge on any atom is 0.0832 e. The predicted octanol–water partition coefficient (Wildman–Crippen LogP) is 2.44. The van der Waals surface area contributed by atoms with Gasteiger partial charge in [0.15, 0.2) is 0 Å². The Hall–Kier alpha value is -1.13. The van der Waals surface area contributed by atoms with Crippen LogP contribution < -0.4 is 0 Å². The van der Waals surface area contributed by atoms with Crippen LogP contribution in [0, 0.1) is 5.92 Å². The standard InChI is InChI=1S/C12H14N2OS/c15-12(9-1-2-9)10-3-4-14(6-10)7-11-5-13-8-16-11/h3-6,8-9,12,15H,1-2,7H2. The summed E-state index contributed by atoms with van der Waals surface area (Å²) in [5.74, 6) is 0.499. The Kier molecular flexibility index (Phi) is 2.53. The largest absolute Gasteiger partial charge is 0.388 e. The molecule has 0 amide bonds. The third kappa shape index (κ3) is 2.03. The highest BCUT2D eigenvalue weighted by Crippen LogP contribution is 2.40. The molecule has 1 aliphatic carbocycles. The molecule has 1 aliphatic rings. The lowest BCUT2D eigenvalue weighted by molar-refractivity contribution is 0.154. The molecule has 0 aliphatic heterocycles. The SMILES string of the molecule is OC(c1ccn(Cc2cncs2)c1)C1CC1. The molecule has 3 nitrogen and oxygen atoms in total. The van der Waals surface area contributed by atoms with Crippen molar-refractivity contribution in [2.45, 2.75) is 25.5 Å². The maximum absolute atomic E-state index is 9.98. The van der Waals surface area contributed by atoms with Crippen LogP contribution in [0.5, 0.6) is 0 Å². The van der Waals surface area contributed by atoms with Crippen LogP contribution in [-0.2, 0) is 6.54 Å². The van der Waals surface area contributed by atoms with Crippen molar-refractivity contribution in [3.8, 4) is 0 Å². The predicted molar refractivity (Wildman–Crippen MR) is 63.3 cm³/mol. The van der Waals surface area contributed by atoms with E-state index in [1.54, 1.807) is 11.3 Å². The van der Waals surface area contributed by atoms with Crippen molar-refractivity contribution < 1.29 is 5.11 Å². The normalized spacial score (nSPS) is 17.6. The van der Waals surface area contributed by atoms with Gasteiger partial charge in [-0.05, 0) is 30.4 Å². The Morgan fingerprint density at radius 3 is 3.12 bits per heavy atom. The van der Waals surface area contributed by atoms with Crippen LogP contribution in [0.2, 0.25) is 0 Å². The van der Waals surface area contributed by atoms with Crippen LogP contribution in [0.4, 0.5) is 0 Å². The summed E-state index contributed by atoms with van der Waals surface area (Å²) in [4.78, 5) is 5.29. The Morgan fingerprint density at radius 2 is 2.44 bits per heavy atom. The van der Waals surface area contributed by atoms with Crippen molar-refractivity contribution >= 4 is 11.3 Å². The minimum Gasteiger partial charge on any atom is -0.388 e. The highest BCUT2D eigenvalue weighted by molar-refractivity contribution is 7.09. The van der Waals surface area contributed by atoms with Gasteiger partial charge in [-0.3, -0.25) is 4.98 Å². The highest BCUT2D eigenvalue weighted by atomic mass is 32.1. The summed E-state index contributed by atoms with van der Waals surface area (Å²) >= 11 is 1.66. The molecule has 2 aromatic rings. The van der Waals surface area contributed by atoms with E-state index in [2.05, 4.69) is 9.55 Å². The summed E-state index contributed by atoms with van der Waals surface area (Å²) < 4.78 is 2.11. The number of thiazole rings is 1. The Balaban J connectivity index is 1.72. The number of aromatic nitrogens is 2. The lowest BCUT2D eigenvalue weighted by atomic mass is 10.1. The van der Waals surface area contributed by atoms with Gasteiger partial charge in [0.05, 0.1) is 18.2 Å². The van der Waals surface area contributed by atoms with Gasteiger partial charge < -0.3 is 9.67 Å². The molecule has 4 heteroatoms. The molecule has 0 bridgehead atoms. The molecule has 3 rings (SSSR count). The zero-order valence-electron chi connectivity index (χ0n) is 8.91. The number of hydrogen-bond acceptors (Lipinski definition) is 3. The van der Waals surface area contributed by atoms with Crippen molar-refractivity contribution in [3.05, 3.63) is 40.6 Å². The Bertz CT molecular complexity index is 459. The van der Waals surface area contributed by atoms with Crippen LogP contribution in [0.1, 0.15) is 29.4 Å². The lowest BCUT2D eigenvalue weighted by Crippen LogP contribution is -1.98. The second-order valence-corrected chi connectivity index (χ2v) is 5.34. The molecule has 0 aromatic carbocycles. The van der Waals surface area contributed by atoms with E-state index in [0.717, 1.165) is 12.1 Å². The lowest BCUT2D eigenvalue weighted by Gasteiger charge is -2.05. The van der Waals surface area contributed by atoms with E-state index in [1.807, 2.05) is 30.2 Å². The van der Waals surface area contributed by atoms with Crippen LogP contribution in [-0.4, -0.2) is 14.7 Å². The number of aliphatic hydroxyl groups is 1. The van der Waals surface area contributed by atoms with Gasteiger partial charge in [-0.1, -0.05) is 0 Å². The zero-order valence-corrected chi connectivity index (χ0v) is 9.73. The molecule has 1 atom stereocenters. The Morgan fingerprint density at radius 1 is 1.56 bits per heavy atom. The zero-order chi connectivity index (χ0) is 11.0. The van der Waals surface area contributed by atoms with E-state index in [1.165, 1.54) is 17.7 Å². The number of nitrogens with zero attached hydrogens (tertiary/aromatic N) is 2. The molecule has 0 spiro atoms. The van der Waals surface area contributed by atoms with E-state index in [-0.39, 0.29) is 6.10 Å². The van der Waals surface area contributed by atoms with Gasteiger partial charge in [0.25, 0.3) is 0 Å². The topological polar surface area (TPSA) is 38.0 Å². The van der Waals surface area contributed by atoms with Gasteiger partial charge in [0.2, 0.25) is 0 Å². The first-order valence-electron chi connectivity index (χ1n) is 5.54. The summed E-state index contributed by atoms with van der Waals surface area (Å²) in [5, 5.41) is 9.98. The first-order valence-corrected chi connectivity index (χ1v) is 6.42. The summed E-state index contributed by atoms with van der Waals surface area (Å²) in [5.41, 5.74) is 2.89. The molecule has 1 saturated carbocycles. The van der Waals surface area contributed by atoms with E-state index < -0.39 is 0 Å². The van der Waals surface area contributed by atoms with E-state index in [9.17, 15) is 5.11 Å². The average molecular weight is 234 g/mol. The summed E-state index contributed by atoms with van der Waals surface area (Å²) in [7, 11) is 0. The number of hydrogen-bond donors (Lipinski definition) is 1. The van der Waals surface area contributed by atoms with Crippen LogP contribution in [0.25, 0.3) is 0 Å². The van der Waals surface area contributed by atoms with Crippen molar-refractivity contribution in [1.29, 1.82) is 0 Å². The fourth-order valence-electron chi connectivity index (χ4n) is 1.92. The summed E-state index contributed by atoms with van der Waals surface area (Å²) in [6.07, 6.45) is 8.04. The van der Waals surface area contributed by atoms with Gasteiger partial charge in [-0.25, -0.2) is 0 Å². The Labute approximate surface area is 98.4 Å². The molecule has 84 valence electrons. The van der Waals surface area contributed by atoms with Crippen LogP contribution in [0.3, 0.4) is 0 Å². The fraction of sp³-hybridized carbons (Fsp3) is 0.417. The third-order valence-electron chi connectivity index (χ3n) is 3.01. The van der Waals surface area contributed by atoms with Gasteiger partial charge in [0.1, 0.15) is 0 Å². The quantitative estimate of drug-likeness (QED) is 0.882. The molecule has 1 N–H and O–H groups in total. The van der Waals surface area contributed by atoms with Crippen LogP contribution in [0.15, 0.2) is 30.2 Å². The molecular weight excluding hydrogens is 220 g/mol. The molecule has 1 fully saturated rings. The number of aliphatic hydroxyl groups excluding tert-OH is 1. The molecule has 16 heavy (non-hydrogen) atoms. The molecule has 2 aromatic heterocycles. The number of rotatable bonds is 4. The summed E-state index contributed by atoms with van der Waals surface area (Å²) in [6.45, 7) is 0.849. The van der Waals surface area contributed by atoms with Crippen LogP contribution >= 0.6 is 11.3 Å². The minimum atomic E-state index is -0.261. The second kappa shape index (κ2) is 4.03. The first kappa shape index (κ1) is 10.1. The van der Waals surface area contributed by atoms with Crippen molar-refractivity contribution in [1.82, 2.24) is 9.55 Å². The molecule has 0 radical (unpaired) electrons. The minimum absolute atomic E-state index is 0.261. The average Bonchev–Trinajstić information content (AvgIpc) is 2.82. The first-order chi connectivity index (χ1) is 7.83. The monoisotopic (exact) mass is 234 g/mol. The molecule has 2 heterocycles. The van der Waals surface area contributed by atoms with Crippen molar-refractivity contribution in [2.24, 2.45) is 5.92 Å². The molecular formula is C12H14N2OS. The molecule has 0 saturated heterocycles. The van der Waals surface area contributed by atoms with Gasteiger partial charge in [-0.2, -0.15) is 0 Å². The van der Waals surface area contributed by atoms with Gasteiger partial charge >= 0.3 is 0 Å². The van der Waals surface area contributed by atoms with E-state index in [4.69, 9.17) is 0 Å². The highest BCUT2D eigenvalue weighted by Gasteiger charge is 2.31. The smallest absolute Gasteiger partial charge is 0.0832 e. The fourth-order valence-corrected chi connectivity index (χ4v) is 2.52.